The summed E-state index contributed by atoms with van der Waals surface area (Å²) in [6.07, 6.45) is 3.13. The molecule has 1 heterocycles. The Morgan fingerprint density at radius 3 is 2.72 bits per heavy atom. The molecule has 25 heavy (non-hydrogen) atoms. The molecule has 0 radical (unpaired) electrons. The molecule has 1 saturated carbocycles. The third kappa shape index (κ3) is 5.23. The fourth-order valence-electron chi connectivity index (χ4n) is 2.80. The van der Waals surface area contributed by atoms with Crippen LogP contribution in [0.4, 0.5) is 4.39 Å². The summed E-state index contributed by atoms with van der Waals surface area (Å²) >= 11 is 0. The first-order chi connectivity index (χ1) is 12.2. The van der Waals surface area contributed by atoms with E-state index in [-0.39, 0.29) is 42.2 Å². The number of carbonyl (C=O) groups is 1. The Kier molecular flexibility index (Phi) is 5.97. The summed E-state index contributed by atoms with van der Waals surface area (Å²) < 4.78 is 34.8. The Balaban J connectivity index is 1.39. The third-order valence-corrected chi connectivity index (χ3v) is 4.38. The molecule has 0 amide bonds. The molecule has 1 aromatic rings. The van der Waals surface area contributed by atoms with Crippen LogP contribution < -0.4 is 4.74 Å². The van der Waals surface area contributed by atoms with Crippen molar-refractivity contribution in [2.75, 3.05) is 20.0 Å². The topological polar surface area (TPSA) is 81.1 Å². The van der Waals surface area contributed by atoms with Crippen LogP contribution in [0.15, 0.2) is 18.2 Å². The predicted octanol–water partition coefficient (Wildman–Crippen LogP) is 2.55. The number of ether oxygens (including phenoxy) is 4. The van der Waals surface area contributed by atoms with Gasteiger partial charge in [0.15, 0.2) is 0 Å². The van der Waals surface area contributed by atoms with E-state index in [1.807, 2.05) is 0 Å². The molecular formula is C18H20FNO5. The molecule has 1 saturated heterocycles. The summed E-state index contributed by atoms with van der Waals surface area (Å²) in [4.78, 5) is 12.2. The molecule has 2 aliphatic rings. The van der Waals surface area contributed by atoms with E-state index in [4.69, 9.17) is 24.2 Å². The van der Waals surface area contributed by atoms with Gasteiger partial charge in [-0.2, -0.15) is 5.26 Å². The molecule has 7 heteroatoms. The normalized spacial score (nSPS) is 25.2. The molecule has 0 N–H and O–H groups in total. The smallest absolute Gasteiger partial charge is 0.314 e. The molecular weight excluding hydrogens is 329 g/mol. The second-order valence-electron chi connectivity index (χ2n) is 6.26. The van der Waals surface area contributed by atoms with Gasteiger partial charge in [-0.25, -0.2) is 4.39 Å². The first-order valence-corrected chi connectivity index (χ1v) is 8.38. The van der Waals surface area contributed by atoms with Crippen LogP contribution in [-0.4, -0.2) is 38.2 Å². The number of hydrogen-bond acceptors (Lipinski definition) is 6. The van der Waals surface area contributed by atoms with Crippen LogP contribution in [0.25, 0.3) is 0 Å². The number of hydrogen-bond donors (Lipinski definition) is 0. The summed E-state index contributed by atoms with van der Waals surface area (Å²) in [6, 6.07) is 5.52. The van der Waals surface area contributed by atoms with Gasteiger partial charge in [-0.3, -0.25) is 4.79 Å². The monoisotopic (exact) mass is 349 g/mol. The van der Waals surface area contributed by atoms with Gasteiger partial charge in [0.05, 0.1) is 30.8 Å². The maximum absolute atomic E-state index is 13.5. The molecule has 2 fully saturated rings. The van der Waals surface area contributed by atoms with Crippen molar-refractivity contribution in [3.63, 3.8) is 0 Å². The van der Waals surface area contributed by atoms with Crippen molar-refractivity contribution in [3.05, 3.63) is 29.6 Å². The van der Waals surface area contributed by atoms with Gasteiger partial charge in [-0.15, -0.1) is 0 Å². The van der Waals surface area contributed by atoms with Gasteiger partial charge in [0.2, 0.25) is 0 Å². The molecule has 0 bridgehead atoms. The molecule has 0 spiro atoms. The Morgan fingerprint density at radius 1 is 1.32 bits per heavy atom. The molecule has 1 atom stereocenters. The quantitative estimate of drug-likeness (QED) is 0.247. The second-order valence-corrected chi connectivity index (χ2v) is 6.26. The van der Waals surface area contributed by atoms with E-state index >= 15 is 0 Å². The number of halogens is 1. The van der Waals surface area contributed by atoms with E-state index in [1.54, 1.807) is 6.07 Å². The molecule has 0 aromatic heterocycles. The number of rotatable bonds is 7. The Bertz CT molecular complexity index is 647. The average molecular weight is 349 g/mol. The molecule has 1 aliphatic carbocycles. The summed E-state index contributed by atoms with van der Waals surface area (Å²) in [5, 5.41) is 8.70. The van der Waals surface area contributed by atoms with Crippen molar-refractivity contribution >= 4 is 5.97 Å². The van der Waals surface area contributed by atoms with Crippen molar-refractivity contribution in [2.24, 2.45) is 5.92 Å². The predicted molar refractivity (Wildman–Crippen MR) is 84.1 cm³/mol. The number of nitriles is 1. The number of epoxide rings is 1. The summed E-state index contributed by atoms with van der Waals surface area (Å²) in [7, 11) is 0. The minimum Gasteiger partial charge on any atom is -0.426 e. The third-order valence-electron chi connectivity index (χ3n) is 4.38. The molecule has 3 rings (SSSR count). The first kappa shape index (κ1) is 17.8. The Labute approximate surface area is 145 Å². The standard InChI is InChI=1S/C18H20FNO5/c19-17-7-15(6-3-13(17)8-20)25-18(21)12-1-4-14(5-2-12)24-11-22-9-16-10-23-16/h3,6-7,12,14,16H,1-2,4-5,9-11H2. The summed E-state index contributed by atoms with van der Waals surface area (Å²) in [6.45, 7) is 1.56. The maximum atomic E-state index is 13.5. The van der Waals surface area contributed by atoms with Crippen LogP contribution >= 0.6 is 0 Å². The van der Waals surface area contributed by atoms with Crippen molar-refractivity contribution in [3.8, 4) is 11.8 Å². The highest BCUT2D eigenvalue weighted by molar-refractivity contribution is 5.75. The minimum absolute atomic E-state index is 0.0760. The van der Waals surface area contributed by atoms with Crippen LogP contribution in [0.1, 0.15) is 31.2 Å². The first-order valence-electron chi connectivity index (χ1n) is 8.38. The fraction of sp³-hybridized carbons (Fsp3) is 0.556. The highest BCUT2D eigenvalue weighted by Gasteiger charge is 2.28. The van der Waals surface area contributed by atoms with E-state index < -0.39 is 5.82 Å². The SMILES string of the molecule is N#Cc1ccc(OC(=O)C2CCC(OCOCC3CO3)CC2)cc1F. The number of benzene rings is 1. The van der Waals surface area contributed by atoms with Crippen LogP contribution in [0.2, 0.25) is 0 Å². The Morgan fingerprint density at radius 2 is 2.08 bits per heavy atom. The highest BCUT2D eigenvalue weighted by atomic mass is 19.1. The molecule has 6 nitrogen and oxygen atoms in total. The van der Waals surface area contributed by atoms with Gasteiger partial charge >= 0.3 is 5.97 Å². The van der Waals surface area contributed by atoms with E-state index in [9.17, 15) is 9.18 Å². The van der Waals surface area contributed by atoms with E-state index in [0.29, 0.717) is 19.4 Å². The van der Waals surface area contributed by atoms with Gasteiger partial charge in [0, 0.05) is 6.07 Å². The summed E-state index contributed by atoms with van der Waals surface area (Å²) in [5.74, 6) is -1.17. The lowest BCUT2D eigenvalue weighted by Gasteiger charge is -2.27. The van der Waals surface area contributed by atoms with E-state index in [2.05, 4.69) is 0 Å². The zero-order chi connectivity index (χ0) is 17.6. The fourth-order valence-corrected chi connectivity index (χ4v) is 2.80. The number of nitrogens with zero attached hydrogens (tertiary/aromatic N) is 1. The van der Waals surface area contributed by atoms with Crippen LogP contribution in [0.5, 0.6) is 5.75 Å². The van der Waals surface area contributed by atoms with Gasteiger partial charge in [-0.1, -0.05) is 0 Å². The van der Waals surface area contributed by atoms with Crippen LogP contribution in [0, 0.1) is 23.1 Å². The van der Waals surface area contributed by atoms with Gasteiger partial charge in [-0.05, 0) is 37.8 Å². The molecule has 1 aromatic carbocycles. The van der Waals surface area contributed by atoms with Crippen molar-refractivity contribution in [1.29, 1.82) is 5.26 Å². The zero-order valence-electron chi connectivity index (χ0n) is 13.8. The lowest BCUT2D eigenvalue weighted by atomic mass is 9.87. The number of esters is 1. The largest absolute Gasteiger partial charge is 0.426 e. The Hall–Kier alpha value is -2.01. The van der Waals surface area contributed by atoms with Crippen LogP contribution in [-0.2, 0) is 19.0 Å². The maximum Gasteiger partial charge on any atom is 0.314 e. The van der Waals surface area contributed by atoms with E-state index in [1.165, 1.54) is 12.1 Å². The van der Waals surface area contributed by atoms with Crippen LogP contribution in [0.3, 0.4) is 0 Å². The van der Waals surface area contributed by atoms with Crippen molar-refractivity contribution < 1.29 is 28.1 Å². The van der Waals surface area contributed by atoms with Gasteiger partial charge in [0.1, 0.15) is 30.5 Å². The minimum atomic E-state index is -0.693. The molecule has 134 valence electrons. The highest BCUT2D eigenvalue weighted by Crippen LogP contribution is 2.28. The molecule has 1 aliphatic heterocycles. The van der Waals surface area contributed by atoms with Crippen molar-refractivity contribution in [1.82, 2.24) is 0 Å². The average Bonchev–Trinajstić information content (AvgIpc) is 3.44. The summed E-state index contributed by atoms with van der Waals surface area (Å²) in [5.41, 5.74) is -0.0760. The zero-order valence-corrected chi connectivity index (χ0v) is 13.8. The lowest BCUT2D eigenvalue weighted by molar-refractivity contribution is -0.143. The van der Waals surface area contributed by atoms with Gasteiger partial charge in [0.25, 0.3) is 0 Å². The number of carbonyl (C=O) groups excluding carboxylic acids is 1. The second kappa shape index (κ2) is 8.39. The lowest BCUT2D eigenvalue weighted by Crippen LogP contribution is -2.29. The van der Waals surface area contributed by atoms with E-state index in [0.717, 1.165) is 25.5 Å². The van der Waals surface area contributed by atoms with Crippen molar-refractivity contribution in [2.45, 2.75) is 37.9 Å². The molecule has 1 unspecified atom stereocenters. The van der Waals surface area contributed by atoms with Gasteiger partial charge < -0.3 is 18.9 Å².